The van der Waals surface area contributed by atoms with E-state index < -0.39 is 0 Å². The number of amides is 1. The molecular formula is C15H22Br2N2O. The fourth-order valence-electron chi connectivity index (χ4n) is 2.24. The molecule has 1 saturated heterocycles. The number of carbonyl (C=O) groups excluding carboxylic acids is 1. The molecule has 1 N–H and O–H groups in total. The first-order valence-electron chi connectivity index (χ1n) is 7.00. The SMILES string of the molecule is CC.CN1CCC[C@@H](NC(=O)c2cc(Br)cc(Br)c2)C1. The van der Waals surface area contributed by atoms with E-state index in [2.05, 4.69) is 49.1 Å². The van der Waals surface area contributed by atoms with Crippen LogP contribution in [-0.2, 0) is 0 Å². The zero-order valence-electron chi connectivity index (χ0n) is 12.2. The fourth-order valence-corrected chi connectivity index (χ4v) is 3.53. The third-order valence-electron chi connectivity index (χ3n) is 3.08. The first-order valence-corrected chi connectivity index (χ1v) is 8.58. The Bertz CT molecular complexity index is 431. The minimum absolute atomic E-state index is 0.00250. The number of benzene rings is 1. The van der Waals surface area contributed by atoms with Gasteiger partial charge < -0.3 is 10.2 Å². The van der Waals surface area contributed by atoms with E-state index in [4.69, 9.17) is 0 Å². The molecule has 3 nitrogen and oxygen atoms in total. The number of piperidine rings is 1. The van der Waals surface area contributed by atoms with Crippen LogP contribution in [0.3, 0.4) is 0 Å². The van der Waals surface area contributed by atoms with Gasteiger partial charge in [-0.2, -0.15) is 0 Å². The molecule has 1 aromatic rings. The van der Waals surface area contributed by atoms with Crippen LogP contribution in [0, 0.1) is 0 Å². The van der Waals surface area contributed by atoms with Gasteiger partial charge in [0, 0.05) is 27.1 Å². The van der Waals surface area contributed by atoms with Gasteiger partial charge in [0.15, 0.2) is 0 Å². The van der Waals surface area contributed by atoms with Gasteiger partial charge in [-0.1, -0.05) is 45.7 Å². The summed E-state index contributed by atoms with van der Waals surface area (Å²) in [6, 6.07) is 5.86. The summed E-state index contributed by atoms with van der Waals surface area (Å²) in [4.78, 5) is 14.4. The van der Waals surface area contributed by atoms with Crippen LogP contribution in [0.5, 0.6) is 0 Å². The second kappa shape index (κ2) is 8.80. The number of nitrogens with zero attached hydrogens (tertiary/aromatic N) is 1. The second-order valence-electron chi connectivity index (χ2n) is 4.73. The summed E-state index contributed by atoms with van der Waals surface area (Å²) in [6.45, 7) is 6.05. The summed E-state index contributed by atoms with van der Waals surface area (Å²) < 4.78 is 1.81. The molecule has 1 aromatic carbocycles. The lowest BCUT2D eigenvalue weighted by Gasteiger charge is -2.30. The molecule has 1 atom stereocenters. The molecule has 1 fully saturated rings. The van der Waals surface area contributed by atoms with E-state index in [9.17, 15) is 4.79 Å². The number of hydrogen-bond donors (Lipinski definition) is 1. The Hall–Kier alpha value is -0.390. The van der Waals surface area contributed by atoms with E-state index in [1.165, 1.54) is 0 Å². The highest BCUT2D eigenvalue weighted by Crippen LogP contribution is 2.20. The van der Waals surface area contributed by atoms with Crippen molar-refractivity contribution in [3.63, 3.8) is 0 Å². The zero-order valence-corrected chi connectivity index (χ0v) is 15.4. The molecule has 1 heterocycles. The van der Waals surface area contributed by atoms with Crippen molar-refractivity contribution in [1.82, 2.24) is 10.2 Å². The van der Waals surface area contributed by atoms with E-state index in [1.54, 1.807) is 0 Å². The average molecular weight is 406 g/mol. The third kappa shape index (κ3) is 5.54. The second-order valence-corrected chi connectivity index (χ2v) is 6.56. The van der Waals surface area contributed by atoms with E-state index in [-0.39, 0.29) is 11.9 Å². The lowest BCUT2D eigenvalue weighted by molar-refractivity contribution is 0.0912. The van der Waals surface area contributed by atoms with Crippen molar-refractivity contribution in [2.75, 3.05) is 20.1 Å². The van der Waals surface area contributed by atoms with E-state index >= 15 is 0 Å². The highest BCUT2D eigenvalue weighted by Gasteiger charge is 2.19. The van der Waals surface area contributed by atoms with Crippen molar-refractivity contribution in [2.45, 2.75) is 32.7 Å². The maximum atomic E-state index is 12.2. The van der Waals surface area contributed by atoms with Crippen molar-refractivity contribution < 1.29 is 4.79 Å². The number of hydrogen-bond acceptors (Lipinski definition) is 2. The summed E-state index contributed by atoms with van der Waals surface area (Å²) in [7, 11) is 2.09. The quantitative estimate of drug-likeness (QED) is 0.804. The molecule has 20 heavy (non-hydrogen) atoms. The van der Waals surface area contributed by atoms with Crippen LogP contribution < -0.4 is 5.32 Å². The topological polar surface area (TPSA) is 32.3 Å². The molecule has 2 rings (SSSR count). The van der Waals surface area contributed by atoms with Gasteiger partial charge in [0.25, 0.3) is 5.91 Å². The van der Waals surface area contributed by atoms with Crippen LogP contribution >= 0.6 is 31.9 Å². The number of likely N-dealkylation sites (tertiary alicyclic amines) is 1. The zero-order chi connectivity index (χ0) is 15.1. The predicted octanol–water partition coefficient (Wildman–Crippen LogP) is 4.06. The summed E-state index contributed by atoms with van der Waals surface area (Å²) in [6.07, 6.45) is 2.20. The van der Waals surface area contributed by atoms with Crippen molar-refractivity contribution >= 4 is 37.8 Å². The molecule has 1 aliphatic rings. The van der Waals surface area contributed by atoms with Crippen LogP contribution in [0.15, 0.2) is 27.1 Å². The molecular weight excluding hydrogens is 384 g/mol. The normalized spacial score (nSPS) is 18.9. The van der Waals surface area contributed by atoms with Crippen LogP contribution in [0.4, 0.5) is 0 Å². The highest BCUT2D eigenvalue weighted by molar-refractivity contribution is 9.11. The Balaban J connectivity index is 0.000000956. The molecule has 112 valence electrons. The molecule has 0 bridgehead atoms. The van der Waals surface area contributed by atoms with Gasteiger partial charge in [-0.25, -0.2) is 0 Å². The van der Waals surface area contributed by atoms with Crippen LogP contribution in [0.2, 0.25) is 0 Å². The van der Waals surface area contributed by atoms with E-state index in [0.29, 0.717) is 5.56 Å². The van der Waals surface area contributed by atoms with Gasteiger partial charge >= 0.3 is 0 Å². The van der Waals surface area contributed by atoms with Gasteiger partial charge in [-0.05, 0) is 44.6 Å². The van der Waals surface area contributed by atoms with Crippen LogP contribution in [0.25, 0.3) is 0 Å². The maximum absolute atomic E-state index is 12.2. The Morgan fingerprint density at radius 2 is 1.85 bits per heavy atom. The number of halogens is 2. The number of rotatable bonds is 2. The first-order chi connectivity index (χ1) is 9.54. The van der Waals surface area contributed by atoms with Gasteiger partial charge in [-0.15, -0.1) is 0 Å². The van der Waals surface area contributed by atoms with E-state index in [0.717, 1.165) is 34.9 Å². The molecule has 1 aliphatic heterocycles. The Morgan fingerprint density at radius 1 is 1.25 bits per heavy atom. The van der Waals surface area contributed by atoms with Gasteiger partial charge in [-0.3, -0.25) is 4.79 Å². The van der Waals surface area contributed by atoms with Crippen molar-refractivity contribution in [3.05, 3.63) is 32.7 Å². The summed E-state index contributed by atoms with van der Waals surface area (Å²) in [5.41, 5.74) is 0.685. The molecule has 0 aliphatic carbocycles. The molecule has 0 radical (unpaired) electrons. The first kappa shape index (κ1) is 17.7. The average Bonchev–Trinajstić information content (AvgIpc) is 2.40. The Morgan fingerprint density at radius 3 is 2.40 bits per heavy atom. The minimum Gasteiger partial charge on any atom is -0.348 e. The standard InChI is InChI=1S/C13H16Br2N2O.C2H6/c1-17-4-2-3-12(8-17)16-13(18)9-5-10(14)7-11(15)6-9;1-2/h5-7,12H,2-4,8H2,1H3,(H,16,18);1-2H3/t12-;/m1./s1. The van der Waals surface area contributed by atoms with Crippen molar-refractivity contribution in [3.8, 4) is 0 Å². The highest BCUT2D eigenvalue weighted by atomic mass is 79.9. The van der Waals surface area contributed by atoms with Gasteiger partial charge in [0.05, 0.1) is 0 Å². The molecule has 0 unspecified atom stereocenters. The predicted molar refractivity (Wildman–Crippen MR) is 91.2 cm³/mol. The monoisotopic (exact) mass is 404 g/mol. The third-order valence-corrected chi connectivity index (χ3v) is 4.00. The fraction of sp³-hybridized carbons (Fsp3) is 0.533. The Kier molecular flexibility index (Phi) is 7.77. The summed E-state index contributed by atoms with van der Waals surface area (Å²) >= 11 is 6.80. The lowest BCUT2D eigenvalue weighted by atomic mass is 10.1. The molecule has 0 saturated carbocycles. The number of nitrogens with one attached hydrogen (secondary N) is 1. The smallest absolute Gasteiger partial charge is 0.251 e. The van der Waals surface area contributed by atoms with E-state index in [1.807, 2.05) is 32.0 Å². The summed E-state index contributed by atoms with van der Waals surface area (Å²) in [5.74, 6) is -0.00250. The largest absolute Gasteiger partial charge is 0.348 e. The minimum atomic E-state index is -0.00250. The van der Waals surface area contributed by atoms with Crippen LogP contribution in [0.1, 0.15) is 37.0 Å². The van der Waals surface area contributed by atoms with Gasteiger partial charge in [0.2, 0.25) is 0 Å². The molecule has 0 spiro atoms. The molecule has 0 aromatic heterocycles. The molecule has 1 amide bonds. The van der Waals surface area contributed by atoms with Crippen molar-refractivity contribution in [2.24, 2.45) is 0 Å². The van der Waals surface area contributed by atoms with Crippen LogP contribution in [-0.4, -0.2) is 37.0 Å². The summed E-state index contributed by atoms with van der Waals surface area (Å²) in [5, 5.41) is 3.10. The lowest BCUT2D eigenvalue weighted by Crippen LogP contribution is -2.46. The Labute approximate surface area is 138 Å². The molecule has 5 heteroatoms. The number of carbonyl (C=O) groups is 1. The number of likely N-dealkylation sites (N-methyl/N-ethyl adjacent to an activating group) is 1. The maximum Gasteiger partial charge on any atom is 0.251 e. The van der Waals surface area contributed by atoms with Crippen molar-refractivity contribution in [1.29, 1.82) is 0 Å². The van der Waals surface area contributed by atoms with Gasteiger partial charge in [0.1, 0.15) is 0 Å².